The van der Waals surface area contributed by atoms with E-state index >= 15 is 0 Å². The van der Waals surface area contributed by atoms with Crippen LogP contribution in [0.15, 0.2) is 12.3 Å². The smallest absolute Gasteiger partial charge is 0.0761 e. The van der Waals surface area contributed by atoms with Crippen molar-refractivity contribution in [3.8, 4) is 0 Å². The van der Waals surface area contributed by atoms with Gasteiger partial charge in [0.2, 0.25) is 0 Å². The number of halogens is 1. The number of fused-ring (bicyclic) bond motifs is 1. The molecule has 3 nitrogen and oxygen atoms in total. The van der Waals surface area contributed by atoms with Crippen LogP contribution in [0, 0.1) is 0 Å². The van der Waals surface area contributed by atoms with Gasteiger partial charge in [-0.15, -0.1) is 23.7 Å². The van der Waals surface area contributed by atoms with Crippen LogP contribution in [-0.2, 0) is 6.54 Å². The molecule has 2 aromatic heterocycles. The number of rotatable bonds is 1. The van der Waals surface area contributed by atoms with Gasteiger partial charge in [-0.3, -0.25) is 5.10 Å². The zero-order chi connectivity index (χ0) is 6.97. The lowest BCUT2D eigenvalue weighted by atomic mass is 10.4. The Morgan fingerprint density at radius 3 is 3.09 bits per heavy atom. The lowest BCUT2D eigenvalue weighted by Gasteiger charge is -1.81. The summed E-state index contributed by atoms with van der Waals surface area (Å²) >= 11 is 1.69. The van der Waals surface area contributed by atoms with E-state index in [2.05, 4.69) is 10.2 Å². The van der Waals surface area contributed by atoms with Crippen molar-refractivity contribution in [2.24, 2.45) is 5.73 Å². The maximum absolute atomic E-state index is 5.45. The quantitative estimate of drug-likeness (QED) is 0.715. The number of nitrogens with two attached hydrogens (primary N) is 1. The molecule has 0 aromatic carbocycles. The molecule has 0 aliphatic rings. The van der Waals surface area contributed by atoms with Crippen molar-refractivity contribution >= 4 is 34.0 Å². The van der Waals surface area contributed by atoms with Gasteiger partial charge in [0.25, 0.3) is 0 Å². The number of H-pyrrole nitrogens is 1. The summed E-state index contributed by atoms with van der Waals surface area (Å²) in [6.45, 7) is 0.618. The summed E-state index contributed by atoms with van der Waals surface area (Å²) in [5, 5.41) is 6.76. The highest BCUT2D eigenvalue weighted by atomic mass is 35.5. The van der Waals surface area contributed by atoms with Crippen LogP contribution in [0.5, 0.6) is 0 Å². The van der Waals surface area contributed by atoms with Gasteiger partial charge in [0.1, 0.15) is 0 Å². The Balaban J connectivity index is 0.000000605. The molecular weight excluding hydrogens is 182 g/mol. The summed E-state index contributed by atoms with van der Waals surface area (Å²) in [5.41, 5.74) is 6.54. The lowest BCUT2D eigenvalue weighted by Crippen LogP contribution is -1.91. The first-order valence-electron chi connectivity index (χ1n) is 3.02. The molecule has 0 radical (unpaired) electrons. The van der Waals surface area contributed by atoms with Crippen molar-refractivity contribution in [2.45, 2.75) is 6.54 Å². The molecule has 0 spiro atoms. The van der Waals surface area contributed by atoms with Crippen LogP contribution >= 0.6 is 23.7 Å². The van der Waals surface area contributed by atoms with E-state index in [0.29, 0.717) is 6.54 Å². The summed E-state index contributed by atoms with van der Waals surface area (Å²) in [6, 6.07) is 2.03. The molecule has 3 N–H and O–H groups in total. The summed E-state index contributed by atoms with van der Waals surface area (Å²) in [4.78, 5) is 1.20. The van der Waals surface area contributed by atoms with E-state index in [0.717, 1.165) is 5.52 Å². The number of aromatic amines is 1. The zero-order valence-corrected chi connectivity index (χ0v) is 7.34. The minimum Gasteiger partial charge on any atom is -0.326 e. The van der Waals surface area contributed by atoms with E-state index in [9.17, 15) is 0 Å². The Morgan fingerprint density at radius 1 is 1.64 bits per heavy atom. The molecule has 2 aromatic rings. The number of nitrogens with zero attached hydrogens (tertiary/aromatic N) is 1. The summed E-state index contributed by atoms with van der Waals surface area (Å²) in [7, 11) is 0. The Hall–Kier alpha value is -0.580. The van der Waals surface area contributed by atoms with Crippen LogP contribution in [0.4, 0.5) is 0 Å². The molecule has 60 valence electrons. The van der Waals surface area contributed by atoms with E-state index < -0.39 is 0 Å². The number of hydrogen-bond acceptors (Lipinski definition) is 3. The maximum atomic E-state index is 5.45. The third-order valence-corrected chi connectivity index (χ3v) is 2.47. The first-order valence-corrected chi connectivity index (χ1v) is 3.83. The van der Waals surface area contributed by atoms with Crippen molar-refractivity contribution in [1.82, 2.24) is 10.2 Å². The Morgan fingerprint density at radius 2 is 2.45 bits per heavy atom. The molecule has 0 atom stereocenters. The van der Waals surface area contributed by atoms with Gasteiger partial charge < -0.3 is 5.73 Å². The lowest BCUT2D eigenvalue weighted by molar-refractivity contribution is 1.09. The molecule has 0 aliphatic heterocycles. The molecule has 2 heterocycles. The molecular formula is C6H8ClN3S. The molecule has 0 saturated carbocycles. The van der Waals surface area contributed by atoms with Crippen LogP contribution in [-0.4, -0.2) is 10.2 Å². The van der Waals surface area contributed by atoms with Crippen molar-refractivity contribution in [1.29, 1.82) is 0 Å². The zero-order valence-electron chi connectivity index (χ0n) is 5.70. The predicted octanol–water partition coefficient (Wildman–Crippen LogP) is 1.50. The molecule has 11 heavy (non-hydrogen) atoms. The topological polar surface area (TPSA) is 54.7 Å². The first kappa shape index (κ1) is 8.52. The second kappa shape index (κ2) is 3.21. The minimum absolute atomic E-state index is 0. The fraction of sp³-hybridized carbons (Fsp3) is 0.167. The third-order valence-electron chi connectivity index (χ3n) is 1.38. The molecule has 0 saturated heterocycles. The van der Waals surface area contributed by atoms with Crippen molar-refractivity contribution < 1.29 is 0 Å². The third kappa shape index (κ3) is 1.38. The monoisotopic (exact) mass is 189 g/mol. The second-order valence-corrected chi connectivity index (χ2v) is 3.23. The molecule has 0 aliphatic carbocycles. The fourth-order valence-electron chi connectivity index (χ4n) is 0.902. The molecule has 2 rings (SSSR count). The molecule has 0 amide bonds. The van der Waals surface area contributed by atoms with Gasteiger partial charge in [-0.2, -0.15) is 5.10 Å². The number of thiophene rings is 1. The summed E-state index contributed by atoms with van der Waals surface area (Å²) in [5.74, 6) is 0. The summed E-state index contributed by atoms with van der Waals surface area (Å²) in [6.07, 6.45) is 1.82. The summed E-state index contributed by atoms with van der Waals surface area (Å²) < 4.78 is 1.18. The van der Waals surface area contributed by atoms with Gasteiger partial charge in [-0.25, -0.2) is 0 Å². The Kier molecular flexibility index (Phi) is 2.49. The Bertz CT molecular complexity index is 312. The van der Waals surface area contributed by atoms with Crippen molar-refractivity contribution in [2.75, 3.05) is 0 Å². The second-order valence-electron chi connectivity index (χ2n) is 2.06. The van der Waals surface area contributed by atoms with E-state index in [1.54, 1.807) is 11.3 Å². The molecule has 5 heteroatoms. The van der Waals surface area contributed by atoms with E-state index in [-0.39, 0.29) is 12.4 Å². The normalized spacial score (nSPS) is 9.91. The van der Waals surface area contributed by atoms with Crippen LogP contribution in [0.1, 0.15) is 4.88 Å². The number of hydrogen-bond donors (Lipinski definition) is 2. The standard InChI is InChI=1S/C6H7N3S.ClH/c7-2-4-1-5-6(10-4)3-8-9-5;/h1,3H,2,7H2,(H,8,9);1H. The molecule has 0 fully saturated rings. The average Bonchev–Trinajstić information content (AvgIpc) is 2.42. The van der Waals surface area contributed by atoms with E-state index in [1.165, 1.54) is 9.58 Å². The number of nitrogens with one attached hydrogen (secondary N) is 1. The van der Waals surface area contributed by atoms with Crippen LogP contribution < -0.4 is 5.73 Å². The van der Waals surface area contributed by atoms with E-state index in [1.807, 2.05) is 12.3 Å². The molecule has 0 unspecified atom stereocenters. The van der Waals surface area contributed by atoms with Crippen LogP contribution in [0.25, 0.3) is 10.2 Å². The SMILES string of the molecule is Cl.NCc1cc2[nH]ncc2s1. The van der Waals surface area contributed by atoms with Gasteiger partial charge in [0.15, 0.2) is 0 Å². The highest BCUT2D eigenvalue weighted by Crippen LogP contribution is 2.22. The number of aromatic nitrogens is 2. The van der Waals surface area contributed by atoms with Crippen LogP contribution in [0.3, 0.4) is 0 Å². The predicted molar refractivity (Wildman–Crippen MR) is 49.1 cm³/mol. The maximum Gasteiger partial charge on any atom is 0.0761 e. The van der Waals surface area contributed by atoms with Gasteiger partial charge in [-0.05, 0) is 6.07 Å². The van der Waals surface area contributed by atoms with Crippen molar-refractivity contribution in [3.05, 3.63) is 17.1 Å². The van der Waals surface area contributed by atoms with E-state index in [4.69, 9.17) is 5.73 Å². The largest absolute Gasteiger partial charge is 0.326 e. The fourth-order valence-corrected chi connectivity index (χ4v) is 1.76. The minimum atomic E-state index is 0. The highest BCUT2D eigenvalue weighted by molar-refractivity contribution is 7.18. The van der Waals surface area contributed by atoms with Gasteiger partial charge >= 0.3 is 0 Å². The Labute approximate surface area is 74.0 Å². The van der Waals surface area contributed by atoms with Crippen molar-refractivity contribution in [3.63, 3.8) is 0 Å². The first-order chi connectivity index (χ1) is 4.90. The van der Waals surface area contributed by atoms with Gasteiger partial charge in [0.05, 0.1) is 16.4 Å². The van der Waals surface area contributed by atoms with Gasteiger partial charge in [0, 0.05) is 11.4 Å². The van der Waals surface area contributed by atoms with Gasteiger partial charge in [-0.1, -0.05) is 0 Å². The molecule has 0 bridgehead atoms. The highest BCUT2D eigenvalue weighted by Gasteiger charge is 1.99. The average molecular weight is 190 g/mol. The van der Waals surface area contributed by atoms with Crippen LogP contribution in [0.2, 0.25) is 0 Å².